The summed E-state index contributed by atoms with van der Waals surface area (Å²) in [5, 5.41) is 44.5. The van der Waals surface area contributed by atoms with Crippen molar-refractivity contribution in [2.24, 2.45) is 0 Å². The number of nitrogens with one attached hydrogen (secondary N) is 1. The van der Waals surface area contributed by atoms with E-state index in [0.29, 0.717) is 33.5 Å². The highest BCUT2D eigenvalue weighted by Gasteiger charge is 2.45. The van der Waals surface area contributed by atoms with Crippen LogP contribution in [0.1, 0.15) is 30.0 Å². The van der Waals surface area contributed by atoms with Crippen molar-refractivity contribution in [2.75, 3.05) is 25.1 Å². The third-order valence-electron chi connectivity index (χ3n) is 6.89. The third-order valence-corrected chi connectivity index (χ3v) is 6.89. The van der Waals surface area contributed by atoms with Gasteiger partial charge in [-0.1, -0.05) is 25.1 Å². The van der Waals surface area contributed by atoms with Crippen molar-refractivity contribution in [3.05, 3.63) is 57.4 Å². The Morgan fingerprint density at radius 3 is 2.53 bits per heavy atom. The van der Waals surface area contributed by atoms with Gasteiger partial charge in [-0.15, -0.1) is 0 Å². The molecule has 10 heteroatoms. The molecule has 0 amide bonds. The maximum Gasteiger partial charge on any atom is 0.343 e. The zero-order valence-electron chi connectivity index (χ0n) is 18.5. The number of nitrogens with zero attached hydrogens (tertiary/aromatic N) is 2. The van der Waals surface area contributed by atoms with Crippen LogP contribution >= 0.6 is 0 Å². The molecular weight excluding hydrogens is 442 g/mol. The second-order valence-electron chi connectivity index (χ2n) is 8.81. The van der Waals surface area contributed by atoms with Gasteiger partial charge in [0.1, 0.15) is 12.1 Å². The summed E-state index contributed by atoms with van der Waals surface area (Å²) in [5.41, 5.74) is -0.624. The van der Waals surface area contributed by atoms with E-state index >= 15 is 0 Å². The van der Waals surface area contributed by atoms with Gasteiger partial charge in [-0.05, 0) is 18.6 Å². The fourth-order valence-electron chi connectivity index (χ4n) is 4.70. The van der Waals surface area contributed by atoms with Crippen molar-refractivity contribution in [1.29, 1.82) is 0 Å². The summed E-state index contributed by atoms with van der Waals surface area (Å²) in [4.78, 5) is 30.6. The Labute approximate surface area is 194 Å². The van der Waals surface area contributed by atoms with Gasteiger partial charge in [0, 0.05) is 16.5 Å². The van der Waals surface area contributed by atoms with Gasteiger partial charge in [0.2, 0.25) is 0 Å². The molecule has 2 aromatic heterocycles. The molecule has 0 saturated heterocycles. The van der Waals surface area contributed by atoms with Crippen LogP contribution in [-0.4, -0.2) is 61.3 Å². The van der Waals surface area contributed by atoms with E-state index in [0.717, 1.165) is 0 Å². The van der Waals surface area contributed by atoms with Crippen molar-refractivity contribution in [2.45, 2.75) is 37.6 Å². The van der Waals surface area contributed by atoms with Gasteiger partial charge in [0.25, 0.3) is 5.56 Å². The summed E-state index contributed by atoms with van der Waals surface area (Å²) in [6.07, 6.45) is 0.0402. The quantitative estimate of drug-likeness (QED) is 0.250. The molecule has 1 aromatic carbocycles. The first-order valence-corrected chi connectivity index (χ1v) is 11.0. The van der Waals surface area contributed by atoms with Crippen molar-refractivity contribution < 1.29 is 30.0 Å². The minimum Gasteiger partial charge on any atom is -0.458 e. The molecule has 0 bridgehead atoms. The van der Waals surface area contributed by atoms with Crippen LogP contribution in [-0.2, 0) is 28.3 Å². The topological polar surface area (TPSA) is 154 Å². The summed E-state index contributed by atoms with van der Waals surface area (Å²) in [7, 11) is 0. The molecule has 2 aliphatic rings. The number of hydrogen-bond acceptors (Lipinski definition) is 9. The van der Waals surface area contributed by atoms with Gasteiger partial charge in [-0.3, -0.25) is 4.79 Å². The van der Waals surface area contributed by atoms with Gasteiger partial charge in [-0.2, -0.15) is 0 Å². The number of pyridine rings is 2. The predicted octanol–water partition coefficient (Wildman–Crippen LogP) is 0.207. The van der Waals surface area contributed by atoms with Crippen LogP contribution in [0.2, 0.25) is 0 Å². The number of cyclic esters (lactones) is 1. The second kappa shape index (κ2) is 7.88. The maximum absolute atomic E-state index is 13.4. The van der Waals surface area contributed by atoms with E-state index < -0.39 is 42.5 Å². The Kier molecular flexibility index (Phi) is 5.21. The SMILES string of the molecule is CC[C@@]1(O)C(=O)OCc2c1cc1n(c2=O)Cc2c-1nc1ccccc1c2NC(CO)(CO)CO. The van der Waals surface area contributed by atoms with Crippen LogP contribution < -0.4 is 10.9 Å². The minimum atomic E-state index is -1.93. The smallest absolute Gasteiger partial charge is 0.343 e. The van der Waals surface area contributed by atoms with Crippen LogP contribution in [0.15, 0.2) is 35.1 Å². The molecule has 5 rings (SSSR count). The highest BCUT2D eigenvalue weighted by molar-refractivity contribution is 5.97. The lowest BCUT2D eigenvalue weighted by molar-refractivity contribution is -0.172. The zero-order chi connectivity index (χ0) is 24.3. The first-order chi connectivity index (χ1) is 16.3. The molecule has 0 aliphatic carbocycles. The van der Waals surface area contributed by atoms with E-state index in [1.807, 2.05) is 18.2 Å². The first-order valence-electron chi connectivity index (χ1n) is 11.0. The number of aromatic nitrogens is 2. The average Bonchev–Trinajstić information content (AvgIpc) is 3.23. The molecule has 5 N–H and O–H groups in total. The van der Waals surface area contributed by atoms with Crippen molar-refractivity contribution in [3.8, 4) is 11.4 Å². The number of hydrogen-bond donors (Lipinski definition) is 5. The van der Waals surface area contributed by atoms with Gasteiger partial charge in [0.15, 0.2) is 5.60 Å². The molecule has 178 valence electrons. The minimum absolute atomic E-state index is 0.0402. The van der Waals surface area contributed by atoms with E-state index in [9.17, 15) is 30.0 Å². The molecule has 0 fully saturated rings. The molecule has 0 radical (unpaired) electrons. The van der Waals surface area contributed by atoms with Crippen molar-refractivity contribution >= 4 is 22.6 Å². The summed E-state index contributed by atoms with van der Waals surface area (Å²) < 4.78 is 6.62. The van der Waals surface area contributed by atoms with Crippen LogP contribution in [0.3, 0.4) is 0 Å². The monoisotopic (exact) mass is 467 g/mol. The Bertz CT molecular complexity index is 1370. The highest BCUT2D eigenvalue weighted by atomic mass is 16.6. The fraction of sp³-hybridized carbons (Fsp3) is 0.375. The van der Waals surface area contributed by atoms with Crippen LogP contribution in [0.4, 0.5) is 5.69 Å². The number of aliphatic hydroxyl groups excluding tert-OH is 3. The lowest BCUT2D eigenvalue weighted by atomic mass is 9.86. The Hall–Kier alpha value is -3.31. The second-order valence-corrected chi connectivity index (χ2v) is 8.81. The average molecular weight is 467 g/mol. The van der Waals surface area contributed by atoms with E-state index in [2.05, 4.69) is 5.32 Å². The number of carbonyl (C=O) groups is 1. The van der Waals surface area contributed by atoms with Crippen molar-refractivity contribution in [1.82, 2.24) is 9.55 Å². The predicted molar refractivity (Wildman–Crippen MR) is 122 cm³/mol. The number of rotatable bonds is 6. The number of para-hydroxylation sites is 1. The highest BCUT2D eigenvalue weighted by Crippen LogP contribution is 2.42. The van der Waals surface area contributed by atoms with E-state index in [4.69, 9.17) is 9.72 Å². The van der Waals surface area contributed by atoms with E-state index in [-0.39, 0.29) is 30.7 Å². The normalized spacial score (nSPS) is 18.9. The van der Waals surface area contributed by atoms with Gasteiger partial charge < -0.3 is 35.0 Å². The number of anilines is 1. The summed E-state index contributed by atoms with van der Waals surface area (Å²) >= 11 is 0. The Morgan fingerprint density at radius 1 is 1.15 bits per heavy atom. The van der Waals surface area contributed by atoms with Crippen LogP contribution in [0.5, 0.6) is 0 Å². The molecular formula is C24H25N3O7. The van der Waals surface area contributed by atoms with Crippen LogP contribution in [0.25, 0.3) is 22.3 Å². The largest absolute Gasteiger partial charge is 0.458 e. The van der Waals surface area contributed by atoms with Crippen LogP contribution in [0, 0.1) is 0 Å². The van der Waals surface area contributed by atoms with Gasteiger partial charge in [-0.25, -0.2) is 9.78 Å². The Morgan fingerprint density at radius 2 is 1.85 bits per heavy atom. The third kappa shape index (κ3) is 3.00. The molecule has 0 unspecified atom stereocenters. The number of ether oxygens (including phenoxy) is 1. The lowest BCUT2D eigenvalue weighted by Gasteiger charge is -2.31. The standard InChI is InChI=1S/C24H25N3O7/c1-2-24(33)16-7-18-20-14(8-27(18)21(31)15(16)9-34-22(24)32)19(26-23(10-28,11-29)12-30)13-5-3-4-6-17(13)25-20/h3-7,28-30,33H,2,8-12H2,1H3,(H,25,26)/t24-/m0/s1. The molecule has 1 atom stereocenters. The molecule has 34 heavy (non-hydrogen) atoms. The molecule has 0 spiro atoms. The van der Waals surface area contributed by atoms with Gasteiger partial charge >= 0.3 is 5.97 Å². The molecule has 2 aliphatic heterocycles. The number of fused-ring (bicyclic) bond motifs is 5. The first kappa shape index (κ1) is 22.5. The number of benzene rings is 1. The summed E-state index contributed by atoms with van der Waals surface area (Å²) in [5.74, 6) is -0.794. The molecule has 0 saturated carbocycles. The number of carbonyl (C=O) groups excluding carboxylic acids is 1. The Balaban J connectivity index is 1.79. The molecule has 10 nitrogen and oxygen atoms in total. The van der Waals surface area contributed by atoms with Gasteiger partial charge in [0.05, 0.1) is 54.5 Å². The number of aliphatic hydroxyl groups is 4. The maximum atomic E-state index is 13.4. The number of esters is 1. The summed E-state index contributed by atoms with van der Waals surface area (Å²) in [6, 6.07) is 8.86. The molecule has 3 aromatic rings. The molecule has 4 heterocycles. The lowest BCUT2D eigenvalue weighted by Crippen LogP contribution is -2.49. The zero-order valence-corrected chi connectivity index (χ0v) is 18.5. The van der Waals surface area contributed by atoms with E-state index in [1.54, 1.807) is 19.1 Å². The van der Waals surface area contributed by atoms with E-state index in [1.165, 1.54) is 4.57 Å². The summed E-state index contributed by atoms with van der Waals surface area (Å²) in [6.45, 7) is -0.0507. The fourth-order valence-corrected chi connectivity index (χ4v) is 4.70. The van der Waals surface area contributed by atoms with Crippen molar-refractivity contribution in [3.63, 3.8) is 0 Å².